The molecule has 0 spiro atoms. The van der Waals surface area contributed by atoms with Crippen molar-refractivity contribution in [3.63, 3.8) is 0 Å². The van der Waals surface area contributed by atoms with E-state index in [0.29, 0.717) is 38.2 Å². The third-order valence-corrected chi connectivity index (χ3v) is 7.64. The molecule has 4 rings (SSSR count). The van der Waals surface area contributed by atoms with Crippen molar-refractivity contribution in [2.45, 2.75) is 36.7 Å². The highest BCUT2D eigenvalue weighted by atomic mass is 32.2. The fourth-order valence-corrected chi connectivity index (χ4v) is 5.89. The van der Waals surface area contributed by atoms with Gasteiger partial charge in [-0.05, 0) is 54.7 Å². The maximum absolute atomic E-state index is 13.2. The second kappa shape index (κ2) is 8.22. The molecule has 1 atom stereocenters. The third-order valence-electron chi connectivity index (χ3n) is 5.69. The number of methoxy groups -OCH3 is 1. The number of fused-ring (bicyclic) bond motifs is 1. The van der Waals surface area contributed by atoms with Gasteiger partial charge in [0.25, 0.3) is 5.91 Å². The predicted octanol–water partition coefficient (Wildman–Crippen LogP) is 2.08. The molecule has 0 saturated carbocycles. The van der Waals surface area contributed by atoms with Gasteiger partial charge in [0.2, 0.25) is 10.0 Å². The molecule has 1 saturated heterocycles. The largest absolute Gasteiger partial charge is 0.383 e. The van der Waals surface area contributed by atoms with Crippen molar-refractivity contribution in [3.05, 3.63) is 59.4 Å². The summed E-state index contributed by atoms with van der Waals surface area (Å²) in [5.74, 6) is -0.0639. The van der Waals surface area contributed by atoms with Crippen LogP contribution in [0.3, 0.4) is 0 Å². The second-order valence-electron chi connectivity index (χ2n) is 7.51. The molecule has 2 aliphatic heterocycles. The molecular formula is C21H25N3O4S. The number of carbonyl (C=O) groups excluding carboxylic acids is 1. The Bertz CT molecular complexity index is 994. The summed E-state index contributed by atoms with van der Waals surface area (Å²) in [5.41, 5.74) is 2.58. The van der Waals surface area contributed by atoms with E-state index in [0.717, 1.165) is 24.0 Å². The number of rotatable bonds is 5. The van der Waals surface area contributed by atoms with Crippen LogP contribution in [0.1, 0.15) is 34.3 Å². The number of ether oxygens (including phenoxy) is 1. The van der Waals surface area contributed by atoms with Crippen molar-refractivity contribution < 1.29 is 17.9 Å². The Morgan fingerprint density at radius 1 is 1.17 bits per heavy atom. The van der Waals surface area contributed by atoms with Gasteiger partial charge in [-0.25, -0.2) is 8.42 Å². The summed E-state index contributed by atoms with van der Waals surface area (Å²) in [4.78, 5) is 18.8. The normalized spacial score (nSPS) is 19.9. The van der Waals surface area contributed by atoms with Crippen LogP contribution in [-0.2, 0) is 27.7 Å². The van der Waals surface area contributed by atoms with Crippen molar-refractivity contribution in [2.75, 3.05) is 26.8 Å². The average molecular weight is 416 g/mol. The van der Waals surface area contributed by atoms with E-state index in [1.807, 2.05) is 6.07 Å². The Kier molecular flexibility index (Phi) is 5.67. The first-order valence-corrected chi connectivity index (χ1v) is 11.3. The number of hydrogen-bond acceptors (Lipinski definition) is 5. The van der Waals surface area contributed by atoms with Crippen LogP contribution in [0.25, 0.3) is 0 Å². The lowest BCUT2D eigenvalue weighted by Gasteiger charge is -2.30. The summed E-state index contributed by atoms with van der Waals surface area (Å²) in [6.45, 7) is 1.93. The molecule has 1 aromatic carbocycles. The summed E-state index contributed by atoms with van der Waals surface area (Å²) in [7, 11) is -2.00. The van der Waals surface area contributed by atoms with Gasteiger partial charge in [-0.2, -0.15) is 4.31 Å². The summed E-state index contributed by atoms with van der Waals surface area (Å²) < 4.78 is 33.2. The van der Waals surface area contributed by atoms with Gasteiger partial charge in [0.15, 0.2) is 0 Å². The van der Waals surface area contributed by atoms with Gasteiger partial charge in [0, 0.05) is 50.7 Å². The highest BCUT2D eigenvalue weighted by Crippen LogP contribution is 2.29. The molecule has 154 valence electrons. The molecule has 0 radical (unpaired) electrons. The Morgan fingerprint density at radius 3 is 2.72 bits per heavy atom. The number of benzene rings is 1. The lowest BCUT2D eigenvalue weighted by atomic mass is 9.99. The number of pyridine rings is 1. The van der Waals surface area contributed by atoms with Gasteiger partial charge in [-0.3, -0.25) is 9.78 Å². The van der Waals surface area contributed by atoms with Crippen LogP contribution < -0.4 is 0 Å². The highest BCUT2D eigenvalue weighted by Gasteiger charge is 2.35. The summed E-state index contributed by atoms with van der Waals surface area (Å²) in [5, 5.41) is 0. The zero-order chi connectivity index (χ0) is 20.4. The number of sulfonamides is 1. The minimum absolute atomic E-state index is 0.0639. The molecule has 1 aromatic heterocycles. The Labute approximate surface area is 171 Å². The van der Waals surface area contributed by atoms with Gasteiger partial charge in [0.05, 0.1) is 11.5 Å². The minimum atomic E-state index is -3.59. The molecular weight excluding hydrogens is 390 g/mol. The van der Waals surface area contributed by atoms with Crippen LogP contribution in [0, 0.1) is 0 Å². The van der Waals surface area contributed by atoms with E-state index < -0.39 is 10.0 Å². The van der Waals surface area contributed by atoms with Gasteiger partial charge < -0.3 is 9.64 Å². The molecule has 0 bridgehead atoms. The van der Waals surface area contributed by atoms with E-state index >= 15 is 0 Å². The van der Waals surface area contributed by atoms with E-state index in [4.69, 9.17) is 4.74 Å². The van der Waals surface area contributed by atoms with Crippen LogP contribution in [0.15, 0.2) is 47.6 Å². The fraction of sp³-hybridized carbons (Fsp3) is 0.429. The summed E-state index contributed by atoms with van der Waals surface area (Å²) >= 11 is 0. The predicted molar refractivity (Wildman–Crippen MR) is 108 cm³/mol. The highest BCUT2D eigenvalue weighted by molar-refractivity contribution is 7.89. The fourth-order valence-electron chi connectivity index (χ4n) is 4.16. The number of hydrogen-bond donors (Lipinski definition) is 0. The molecule has 0 N–H and O–H groups in total. The Hall–Kier alpha value is -2.29. The maximum Gasteiger partial charge on any atom is 0.254 e. The molecule has 1 amide bonds. The topological polar surface area (TPSA) is 79.8 Å². The molecule has 2 aromatic rings. The molecule has 1 fully saturated rings. The van der Waals surface area contributed by atoms with Crippen LogP contribution in [-0.4, -0.2) is 61.4 Å². The first-order valence-electron chi connectivity index (χ1n) is 9.82. The van der Waals surface area contributed by atoms with E-state index in [1.54, 1.807) is 53.0 Å². The molecule has 0 aliphatic carbocycles. The van der Waals surface area contributed by atoms with Gasteiger partial charge in [0.1, 0.15) is 0 Å². The third kappa shape index (κ3) is 3.92. The van der Waals surface area contributed by atoms with E-state index in [9.17, 15) is 13.2 Å². The van der Waals surface area contributed by atoms with Crippen molar-refractivity contribution in [3.8, 4) is 0 Å². The maximum atomic E-state index is 13.2. The van der Waals surface area contributed by atoms with E-state index in [-0.39, 0.29) is 16.8 Å². The molecule has 7 nitrogen and oxygen atoms in total. The summed E-state index contributed by atoms with van der Waals surface area (Å²) in [6.07, 6.45) is 5.56. The standard InChI is InChI=1S/C21H25N3O4S/c1-28-15-19-3-2-11-24(19)29(26,27)20-5-4-16-8-12-23(14-18(16)13-20)21(25)17-6-9-22-10-7-17/h4-7,9-10,13,19H,2-3,8,11-12,14-15H2,1H3/t19-/m0/s1. The van der Waals surface area contributed by atoms with Crippen LogP contribution in [0.2, 0.25) is 0 Å². The second-order valence-corrected chi connectivity index (χ2v) is 9.40. The Balaban J connectivity index is 1.58. The lowest BCUT2D eigenvalue weighted by Crippen LogP contribution is -2.38. The Morgan fingerprint density at radius 2 is 1.97 bits per heavy atom. The van der Waals surface area contributed by atoms with Crippen LogP contribution >= 0.6 is 0 Å². The van der Waals surface area contributed by atoms with E-state index in [1.165, 1.54) is 0 Å². The number of nitrogens with zero attached hydrogens (tertiary/aromatic N) is 3. The van der Waals surface area contributed by atoms with Crippen molar-refractivity contribution in [1.82, 2.24) is 14.2 Å². The van der Waals surface area contributed by atoms with Gasteiger partial charge in [-0.1, -0.05) is 6.07 Å². The molecule has 3 heterocycles. The zero-order valence-electron chi connectivity index (χ0n) is 16.5. The number of aromatic nitrogens is 1. The molecule has 8 heteroatoms. The molecule has 2 aliphatic rings. The van der Waals surface area contributed by atoms with Crippen LogP contribution in [0.5, 0.6) is 0 Å². The minimum Gasteiger partial charge on any atom is -0.383 e. The zero-order valence-corrected chi connectivity index (χ0v) is 17.3. The first kappa shape index (κ1) is 20.0. The molecule has 29 heavy (non-hydrogen) atoms. The van der Waals surface area contributed by atoms with Crippen molar-refractivity contribution in [2.24, 2.45) is 0 Å². The van der Waals surface area contributed by atoms with E-state index in [2.05, 4.69) is 4.98 Å². The first-order chi connectivity index (χ1) is 14.0. The SMILES string of the molecule is COC[C@@H]1CCCN1S(=O)(=O)c1ccc2c(c1)CN(C(=O)c1ccncc1)CC2. The summed E-state index contributed by atoms with van der Waals surface area (Å²) in [6, 6.07) is 8.59. The monoisotopic (exact) mass is 415 g/mol. The van der Waals surface area contributed by atoms with Gasteiger partial charge >= 0.3 is 0 Å². The van der Waals surface area contributed by atoms with Crippen molar-refractivity contribution in [1.29, 1.82) is 0 Å². The lowest BCUT2D eigenvalue weighted by molar-refractivity contribution is 0.0734. The number of amides is 1. The number of carbonyl (C=O) groups is 1. The average Bonchev–Trinajstić information content (AvgIpc) is 3.22. The smallest absolute Gasteiger partial charge is 0.254 e. The van der Waals surface area contributed by atoms with Gasteiger partial charge in [-0.15, -0.1) is 0 Å². The molecule has 0 unspecified atom stereocenters. The van der Waals surface area contributed by atoms with Crippen LogP contribution in [0.4, 0.5) is 0 Å². The quantitative estimate of drug-likeness (QED) is 0.747. The van der Waals surface area contributed by atoms with Crippen molar-refractivity contribution >= 4 is 15.9 Å².